The molecule has 0 aliphatic heterocycles. The standard InChI is InChI=1S/C11H9BrN2O3S/c12-9-3-1-2-4-10(9)17-11-6-5-8(7-14-11)18(13,15)16/h1-7H,(H2,13,15,16). The Hall–Kier alpha value is -1.44. The van der Waals surface area contributed by atoms with E-state index in [1.54, 1.807) is 6.07 Å². The molecule has 7 heteroatoms. The molecule has 1 heterocycles. The fraction of sp³-hybridized carbons (Fsp3) is 0. The highest BCUT2D eigenvalue weighted by molar-refractivity contribution is 9.10. The Kier molecular flexibility index (Phi) is 3.65. The number of halogens is 1. The fourth-order valence-electron chi connectivity index (χ4n) is 1.24. The van der Waals surface area contributed by atoms with Gasteiger partial charge in [-0.3, -0.25) is 0 Å². The highest BCUT2D eigenvalue weighted by atomic mass is 79.9. The maximum atomic E-state index is 11.0. The number of benzene rings is 1. The van der Waals surface area contributed by atoms with Crippen LogP contribution in [0.4, 0.5) is 0 Å². The van der Waals surface area contributed by atoms with Crippen LogP contribution in [0.3, 0.4) is 0 Å². The minimum absolute atomic E-state index is 0.0537. The smallest absolute Gasteiger partial charge is 0.239 e. The summed E-state index contributed by atoms with van der Waals surface area (Å²) in [6, 6.07) is 10.0. The number of pyridine rings is 1. The van der Waals surface area contributed by atoms with E-state index < -0.39 is 10.0 Å². The second kappa shape index (κ2) is 5.05. The highest BCUT2D eigenvalue weighted by Gasteiger charge is 2.09. The quantitative estimate of drug-likeness (QED) is 0.936. The van der Waals surface area contributed by atoms with Gasteiger partial charge < -0.3 is 4.74 Å². The van der Waals surface area contributed by atoms with Gasteiger partial charge in [0.2, 0.25) is 15.9 Å². The molecule has 5 nitrogen and oxygen atoms in total. The average molecular weight is 329 g/mol. The number of aromatic nitrogens is 1. The van der Waals surface area contributed by atoms with Gasteiger partial charge in [0, 0.05) is 6.07 Å². The summed E-state index contributed by atoms with van der Waals surface area (Å²) < 4.78 is 28.4. The Morgan fingerprint density at radius 2 is 1.89 bits per heavy atom. The molecule has 0 fully saturated rings. The van der Waals surface area contributed by atoms with Crippen molar-refractivity contribution >= 4 is 26.0 Å². The zero-order chi connectivity index (χ0) is 13.2. The van der Waals surface area contributed by atoms with Crippen LogP contribution in [-0.2, 0) is 10.0 Å². The van der Waals surface area contributed by atoms with Crippen LogP contribution in [0.15, 0.2) is 52.0 Å². The number of nitrogens with two attached hydrogens (primary N) is 1. The van der Waals surface area contributed by atoms with Crippen molar-refractivity contribution in [2.75, 3.05) is 0 Å². The van der Waals surface area contributed by atoms with Crippen LogP contribution >= 0.6 is 15.9 Å². The van der Waals surface area contributed by atoms with E-state index in [9.17, 15) is 8.42 Å². The summed E-state index contributed by atoms with van der Waals surface area (Å²) in [7, 11) is -3.73. The monoisotopic (exact) mass is 328 g/mol. The molecule has 0 unspecified atom stereocenters. The predicted molar refractivity (Wildman–Crippen MR) is 69.8 cm³/mol. The van der Waals surface area contributed by atoms with Crippen LogP contribution in [0.1, 0.15) is 0 Å². The first-order valence-electron chi connectivity index (χ1n) is 4.88. The second-order valence-corrected chi connectivity index (χ2v) is 5.83. The summed E-state index contributed by atoms with van der Waals surface area (Å²) >= 11 is 3.33. The molecule has 0 aliphatic carbocycles. The first-order chi connectivity index (χ1) is 8.47. The van der Waals surface area contributed by atoms with Gasteiger partial charge in [-0.25, -0.2) is 18.5 Å². The van der Waals surface area contributed by atoms with Crippen molar-refractivity contribution in [2.45, 2.75) is 4.90 Å². The van der Waals surface area contributed by atoms with E-state index in [0.29, 0.717) is 5.75 Å². The van der Waals surface area contributed by atoms with E-state index in [1.807, 2.05) is 18.2 Å². The Morgan fingerprint density at radius 3 is 2.44 bits per heavy atom. The van der Waals surface area contributed by atoms with Gasteiger partial charge >= 0.3 is 0 Å². The van der Waals surface area contributed by atoms with E-state index >= 15 is 0 Å². The molecule has 1 aromatic heterocycles. The molecular weight excluding hydrogens is 320 g/mol. The van der Waals surface area contributed by atoms with E-state index in [-0.39, 0.29) is 10.8 Å². The van der Waals surface area contributed by atoms with Crippen LogP contribution in [0, 0.1) is 0 Å². The van der Waals surface area contributed by atoms with Gasteiger partial charge in [-0.1, -0.05) is 12.1 Å². The molecule has 2 N–H and O–H groups in total. The number of ether oxygens (including phenoxy) is 1. The van der Waals surface area contributed by atoms with Crippen molar-refractivity contribution in [3.05, 3.63) is 47.1 Å². The third kappa shape index (κ3) is 3.06. The van der Waals surface area contributed by atoms with Crippen LogP contribution in [0.2, 0.25) is 0 Å². The van der Waals surface area contributed by atoms with Crippen molar-refractivity contribution < 1.29 is 13.2 Å². The lowest BCUT2D eigenvalue weighted by Gasteiger charge is -2.06. The van der Waals surface area contributed by atoms with Gasteiger partial charge in [-0.2, -0.15) is 0 Å². The molecular formula is C11H9BrN2O3S. The van der Waals surface area contributed by atoms with E-state index in [0.717, 1.165) is 10.7 Å². The number of sulfonamides is 1. The van der Waals surface area contributed by atoms with E-state index in [4.69, 9.17) is 9.88 Å². The Morgan fingerprint density at radius 1 is 1.17 bits per heavy atom. The maximum Gasteiger partial charge on any atom is 0.239 e. The minimum atomic E-state index is -3.73. The number of hydrogen-bond donors (Lipinski definition) is 1. The fourth-order valence-corrected chi connectivity index (χ4v) is 2.06. The molecule has 2 rings (SSSR count). The molecule has 18 heavy (non-hydrogen) atoms. The molecule has 0 bridgehead atoms. The molecule has 1 aromatic carbocycles. The Balaban J connectivity index is 2.24. The lowest BCUT2D eigenvalue weighted by molar-refractivity contribution is 0.459. The molecule has 0 radical (unpaired) electrons. The predicted octanol–water partition coefficient (Wildman–Crippen LogP) is 2.28. The SMILES string of the molecule is NS(=O)(=O)c1ccc(Oc2ccccc2Br)nc1. The summed E-state index contributed by atoms with van der Waals surface area (Å²) in [4.78, 5) is 3.83. The average Bonchev–Trinajstić information content (AvgIpc) is 2.32. The number of nitrogens with zero attached hydrogens (tertiary/aromatic N) is 1. The van der Waals surface area contributed by atoms with Crippen molar-refractivity contribution in [1.82, 2.24) is 4.98 Å². The van der Waals surface area contributed by atoms with Gasteiger partial charge in [0.05, 0.1) is 10.7 Å². The van der Waals surface area contributed by atoms with Crippen LogP contribution < -0.4 is 9.88 Å². The Bertz CT molecular complexity index is 656. The normalized spacial score (nSPS) is 11.2. The Labute approximate surface area is 113 Å². The lowest BCUT2D eigenvalue weighted by atomic mass is 10.3. The number of rotatable bonds is 3. The molecule has 0 spiro atoms. The minimum Gasteiger partial charge on any atom is -0.438 e. The summed E-state index contributed by atoms with van der Waals surface area (Å²) in [5, 5.41) is 4.97. The highest BCUT2D eigenvalue weighted by Crippen LogP contribution is 2.28. The largest absolute Gasteiger partial charge is 0.438 e. The van der Waals surface area contributed by atoms with Crippen LogP contribution in [0.5, 0.6) is 11.6 Å². The van der Waals surface area contributed by atoms with Crippen molar-refractivity contribution in [3.63, 3.8) is 0 Å². The summed E-state index contributed by atoms with van der Waals surface area (Å²) in [5.41, 5.74) is 0. The molecule has 2 aromatic rings. The lowest BCUT2D eigenvalue weighted by Crippen LogP contribution is -2.12. The topological polar surface area (TPSA) is 82.3 Å². The number of primary sulfonamides is 1. The number of para-hydroxylation sites is 1. The van der Waals surface area contributed by atoms with Crippen molar-refractivity contribution in [2.24, 2.45) is 5.14 Å². The molecule has 0 saturated heterocycles. The van der Waals surface area contributed by atoms with Crippen molar-refractivity contribution in [3.8, 4) is 11.6 Å². The molecule has 0 aliphatic rings. The van der Waals surface area contributed by atoms with Gasteiger partial charge in [-0.15, -0.1) is 0 Å². The maximum absolute atomic E-state index is 11.0. The first-order valence-corrected chi connectivity index (χ1v) is 7.22. The van der Waals surface area contributed by atoms with E-state index in [2.05, 4.69) is 20.9 Å². The zero-order valence-electron chi connectivity index (χ0n) is 9.08. The first kappa shape index (κ1) is 13.0. The molecule has 0 amide bonds. The van der Waals surface area contributed by atoms with Gasteiger partial charge in [-0.05, 0) is 34.1 Å². The third-order valence-electron chi connectivity index (χ3n) is 2.09. The number of hydrogen-bond acceptors (Lipinski definition) is 4. The van der Waals surface area contributed by atoms with Crippen LogP contribution in [-0.4, -0.2) is 13.4 Å². The third-order valence-corrected chi connectivity index (χ3v) is 3.64. The van der Waals surface area contributed by atoms with Gasteiger partial charge in [0.25, 0.3) is 0 Å². The zero-order valence-corrected chi connectivity index (χ0v) is 11.5. The molecule has 0 atom stereocenters. The van der Waals surface area contributed by atoms with E-state index in [1.165, 1.54) is 12.1 Å². The summed E-state index contributed by atoms with van der Waals surface area (Å²) in [6.45, 7) is 0. The molecule has 94 valence electrons. The second-order valence-electron chi connectivity index (χ2n) is 3.41. The van der Waals surface area contributed by atoms with Gasteiger partial charge in [0.15, 0.2) is 0 Å². The summed E-state index contributed by atoms with van der Waals surface area (Å²) in [5.74, 6) is 0.877. The van der Waals surface area contributed by atoms with Crippen LogP contribution in [0.25, 0.3) is 0 Å². The van der Waals surface area contributed by atoms with Crippen molar-refractivity contribution in [1.29, 1.82) is 0 Å². The summed E-state index contributed by atoms with van der Waals surface area (Å²) in [6.07, 6.45) is 1.15. The molecule has 0 saturated carbocycles. The van der Waals surface area contributed by atoms with Gasteiger partial charge in [0.1, 0.15) is 10.6 Å².